The second-order valence-corrected chi connectivity index (χ2v) is 4.49. The molecule has 1 fully saturated rings. The Balaban J connectivity index is 1.83. The minimum Gasteiger partial charge on any atom is -0.481 e. The van der Waals surface area contributed by atoms with Gasteiger partial charge in [-0.3, -0.25) is 9.69 Å². The summed E-state index contributed by atoms with van der Waals surface area (Å²) in [5.74, 6) is 5.40. The van der Waals surface area contributed by atoms with E-state index in [-0.39, 0.29) is 12.5 Å². The van der Waals surface area contributed by atoms with Crippen LogP contribution in [0.1, 0.15) is 12.0 Å². The Kier molecular flexibility index (Phi) is 4.96. The average Bonchev–Trinajstić information content (AvgIpc) is 2.40. The summed E-state index contributed by atoms with van der Waals surface area (Å²) in [6.07, 6.45) is -0.160. The van der Waals surface area contributed by atoms with Crippen LogP contribution < -0.4 is 0 Å². The van der Waals surface area contributed by atoms with E-state index in [1.807, 2.05) is 30.3 Å². The van der Waals surface area contributed by atoms with Crippen molar-refractivity contribution < 1.29 is 14.6 Å². The summed E-state index contributed by atoms with van der Waals surface area (Å²) in [5.41, 5.74) is 0.998. The topological polar surface area (TPSA) is 49.8 Å². The third kappa shape index (κ3) is 4.74. The fourth-order valence-electron chi connectivity index (χ4n) is 2.02. The van der Waals surface area contributed by atoms with Crippen LogP contribution in [-0.2, 0) is 9.53 Å². The Morgan fingerprint density at radius 2 is 2.21 bits per heavy atom. The molecule has 0 amide bonds. The van der Waals surface area contributed by atoms with Crippen molar-refractivity contribution in [2.24, 2.45) is 0 Å². The number of aliphatic carboxylic acids is 1. The van der Waals surface area contributed by atoms with Crippen molar-refractivity contribution in [1.82, 2.24) is 4.90 Å². The van der Waals surface area contributed by atoms with E-state index in [0.717, 1.165) is 12.1 Å². The largest absolute Gasteiger partial charge is 0.481 e. The van der Waals surface area contributed by atoms with Crippen LogP contribution in [0.3, 0.4) is 0 Å². The summed E-state index contributed by atoms with van der Waals surface area (Å²) < 4.78 is 5.41. The quantitative estimate of drug-likeness (QED) is 0.829. The molecule has 1 atom stereocenters. The van der Waals surface area contributed by atoms with Crippen LogP contribution in [0.5, 0.6) is 0 Å². The third-order valence-electron chi connectivity index (χ3n) is 2.93. The van der Waals surface area contributed by atoms with Crippen molar-refractivity contribution >= 4 is 5.97 Å². The zero-order valence-electron chi connectivity index (χ0n) is 10.7. The van der Waals surface area contributed by atoms with Gasteiger partial charge in [0.25, 0.3) is 0 Å². The second kappa shape index (κ2) is 6.93. The normalized spacial score (nSPS) is 19.5. The van der Waals surface area contributed by atoms with Gasteiger partial charge in [0, 0.05) is 18.7 Å². The Morgan fingerprint density at radius 1 is 1.42 bits per heavy atom. The van der Waals surface area contributed by atoms with Crippen LogP contribution in [0.15, 0.2) is 30.3 Å². The number of carbonyl (C=O) groups is 1. The number of rotatable bonds is 3. The average molecular weight is 259 g/mol. The highest BCUT2D eigenvalue weighted by molar-refractivity contribution is 5.67. The van der Waals surface area contributed by atoms with E-state index in [4.69, 9.17) is 9.84 Å². The molecular formula is C15H17NO3. The van der Waals surface area contributed by atoms with Gasteiger partial charge in [0.1, 0.15) is 0 Å². The van der Waals surface area contributed by atoms with Gasteiger partial charge in [0.05, 0.1) is 25.7 Å². The first-order valence-electron chi connectivity index (χ1n) is 6.34. The van der Waals surface area contributed by atoms with Gasteiger partial charge in [-0.25, -0.2) is 0 Å². The van der Waals surface area contributed by atoms with Gasteiger partial charge in [-0.15, -0.1) is 0 Å². The van der Waals surface area contributed by atoms with Gasteiger partial charge in [-0.1, -0.05) is 30.0 Å². The van der Waals surface area contributed by atoms with E-state index in [0.29, 0.717) is 19.7 Å². The predicted octanol–water partition coefficient (Wildman–Crippen LogP) is 1.21. The lowest BCUT2D eigenvalue weighted by Gasteiger charge is -2.30. The number of carboxylic acid groups (broad SMARTS) is 1. The highest BCUT2D eigenvalue weighted by Gasteiger charge is 2.21. The third-order valence-corrected chi connectivity index (χ3v) is 2.93. The van der Waals surface area contributed by atoms with Crippen LogP contribution in [0.2, 0.25) is 0 Å². The first-order valence-corrected chi connectivity index (χ1v) is 6.34. The fraction of sp³-hybridized carbons (Fsp3) is 0.400. The molecule has 1 aromatic carbocycles. The molecule has 1 N–H and O–H groups in total. The summed E-state index contributed by atoms with van der Waals surface area (Å²) in [7, 11) is 0. The van der Waals surface area contributed by atoms with E-state index < -0.39 is 5.97 Å². The second-order valence-electron chi connectivity index (χ2n) is 4.49. The Labute approximate surface area is 113 Å². The van der Waals surface area contributed by atoms with E-state index in [1.54, 1.807) is 0 Å². The van der Waals surface area contributed by atoms with Gasteiger partial charge < -0.3 is 9.84 Å². The number of carboxylic acids is 1. The molecule has 0 spiro atoms. The Bertz CT molecular complexity index is 475. The molecule has 1 saturated heterocycles. The summed E-state index contributed by atoms with van der Waals surface area (Å²) in [5, 5.41) is 8.75. The van der Waals surface area contributed by atoms with Crippen molar-refractivity contribution in [3.8, 4) is 11.8 Å². The fourth-order valence-corrected chi connectivity index (χ4v) is 2.02. The standard InChI is InChI=1S/C15H17NO3/c17-15(18)11-14-12-16(9-10-19-14)8-4-7-13-5-2-1-3-6-13/h1-3,5-6,14H,8-12H2,(H,17,18). The SMILES string of the molecule is O=C(O)CC1CN(CC#Cc2ccccc2)CCO1. The summed E-state index contributed by atoms with van der Waals surface area (Å²) in [6, 6.07) is 9.83. The van der Waals surface area contributed by atoms with Crippen LogP contribution in [0.25, 0.3) is 0 Å². The minimum atomic E-state index is -0.817. The minimum absolute atomic E-state index is 0.0581. The Morgan fingerprint density at radius 3 is 2.95 bits per heavy atom. The number of hydrogen-bond donors (Lipinski definition) is 1. The number of benzene rings is 1. The molecule has 0 bridgehead atoms. The van der Waals surface area contributed by atoms with Crippen LogP contribution in [0, 0.1) is 11.8 Å². The molecular weight excluding hydrogens is 242 g/mol. The van der Waals surface area contributed by atoms with Crippen molar-refractivity contribution in [2.75, 3.05) is 26.2 Å². The molecule has 1 unspecified atom stereocenters. The summed E-state index contributed by atoms with van der Waals surface area (Å²) in [4.78, 5) is 12.8. The number of morpholine rings is 1. The molecule has 4 nitrogen and oxygen atoms in total. The predicted molar refractivity (Wildman–Crippen MR) is 71.8 cm³/mol. The zero-order chi connectivity index (χ0) is 13.5. The molecule has 1 aromatic rings. The number of hydrogen-bond acceptors (Lipinski definition) is 3. The number of ether oxygens (including phenoxy) is 1. The van der Waals surface area contributed by atoms with Gasteiger partial charge in [0.15, 0.2) is 0 Å². The smallest absolute Gasteiger partial charge is 0.306 e. The molecule has 1 aliphatic rings. The van der Waals surface area contributed by atoms with E-state index in [2.05, 4.69) is 16.7 Å². The zero-order valence-corrected chi connectivity index (χ0v) is 10.7. The molecule has 19 heavy (non-hydrogen) atoms. The summed E-state index contributed by atoms with van der Waals surface area (Å²) in [6.45, 7) is 2.66. The maximum absolute atomic E-state index is 10.6. The maximum Gasteiger partial charge on any atom is 0.306 e. The monoisotopic (exact) mass is 259 g/mol. The van der Waals surface area contributed by atoms with Gasteiger partial charge >= 0.3 is 5.97 Å². The molecule has 0 saturated carbocycles. The first-order chi connectivity index (χ1) is 9.24. The molecule has 1 heterocycles. The lowest BCUT2D eigenvalue weighted by atomic mass is 10.2. The first kappa shape index (κ1) is 13.6. The van der Waals surface area contributed by atoms with E-state index in [9.17, 15) is 4.79 Å². The molecule has 0 radical (unpaired) electrons. The van der Waals surface area contributed by atoms with Crippen LogP contribution in [0.4, 0.5) is 0 Å². The summed E-state index contributed by atoms with van der Waals surface area (Å²) >= 11 is 0. The van der Waals surface area contributed by atoms with Crippen molar-refractivity contribution in [3.63, 3.8) is 0 Å². The van der Waals surface area contributed by atoms with Crippen LogP contribution >= 0.6 is 0 Å². The maximum atomic E-state index is 10.6. The molecule has 4 heteroatoms. The number of nitrogens with zero attached hydrogens (tertiary/aromatic N) is 1. The van der Waals surface area contributed by atoms with Crippen LogP contribution in [-0.4, -0.2) is 48.3 Å². The molecule has 100 valence electrons. The van der Waals surface area contributed by atoms with E-state index in [1.165, 1.54) is 0 Å². The van der Waals surface area contributed by atoms with Gasteiger partial charge in [0.2, 0.25) is 0 Å². The van der Waals surface area contributed by atoms with Crippen molar-refractivity contribution in [2.45, 2.75) is 12.5 Å². The van der Waals surface area contributed by atoms with Crippen molar-refractivity contribution in [3.05, 3.63) is 35.9 Å². The Hall–Kier alpha value is -1.83. The molecule has 1 aliphatic heterocycles. The lowest BCUT2D eigenvalue weighted by molar-refractivity contribution is -0.142. The highest BCUT2D eigenvalue weighted by Crippen LogP contribution is 2.08. The lowest BCUT2D eigenvalue weighted by Crippen LogP contribution is -2.43. The van der Waals surface area contributed by atoms with Gasteiger partial charge in [-0.05, 0) is 12.1 Å². The highest BCUT2D eigenvalue weighted by atomic mass is 16.5. The van der Waals surface area contributed by atoms with E-state index >= 15 is 0 Å². The van der Waals surface area contributed by atoms with Crippen molar-refractivity contribution in [1.29, 1.82) is 0 Å². The molecule has 0 aromatic heterocycles. The van der Waals surface area contributed by atoms with Gasteiger partial charge in [-0.2, -0.15) is 0 Å². The molecule has 0 aliphatic carbocycles. The molecule has 2 rings (SSSR count).